The number of hydrogen-bond acceptors (Lipinski definition) is 3. The molecule has 0 bridgehead atoms. The van der Waals surface area contributed by atoms with E-state index in [1.807, 2.05) is 49.5 Å². The average molecular weight is 350 g/mol. The Bertz CT molecular complexity index is 971. The van der Waals surface area contributed by atoms with Gasteiger partial charge in [-0.05, 0) is 56.6 Å². The second kappa shape index (κ2) is 7.50. The smallest absolute Gasteiger partial charge is 0.200 e. The zero-order valence-electron chi connectivity index (χ0n) is 15.4. The zero-order chi connectivity index (χ0) is 17.9. The molecule has 0 saturated carbocycles. The van der Waals surface area contributed by atoms with Crippen LogP contribution >= 0.6 is 0 Å². The normalized spacial score (nSPS) is 15.6. The Morgan fingerprint density at radius 2 is 1.73 bits per heavy atom. The Kier molecular flexibility index (Phi) is 4.93. The largest absolute Gasteiger partial charge is 0.493 e. The van der Waals surface area contributed by atoms with E-state index in [0.29, 0.717) is 17.7 Å². The lowest BCUT2D eigenvalue weighted by Crippen LogP contribution is -2.31. The Morgan fingerprint density at radius 1 is 0.962 bits per heavy atom. The van der Waals surface area contributed by atoms with Gasteiger partial charge in [-0.3, -0.25) is 4.79 Å². The molecule has 1 fully saturated rings. The lowest BCUT2D eigenvalue weighted by Gasteiger charge is -2.26. The number of benzene rings is 2. The number of nitrogens with zero attached hydrogens (tertiary/aromatic N) is 2. The first-order valence-electron chi connectivity index (χ1n) is 9.61. The van der Waals surface area contributed by atoms with Gasteiger partial charge in [-0.15, -0.1) is 0 Å². The Morgan fingerprint density at radius 3 is 2.58 bits per heavy atom. The summed E-state index contributed by atoms with van der Waals surface area (Å²) in [6.07, 6.45) is 4.98. The zero-order valence-corrected chi connectivity index (χ0v) is 15.4. The molecule has 0 radical (unpaired) electrons. The second-order valence-electron chi connectivity index (χ2n) is 7.16. The summed E-state index contributed by atoms with van der Waals surface area (Å²) in [6, 6.07) is 13.6. The van der Waals surface area contributed by atoms with Crippen molar-refractivity contribution >= 4 is 21.8 Å². The molecule has 1 aromatic heterocycles. The highest BCUT2D eigenvalue weighted by Crippen LogP contribution is 2.25. The van der Waals surface area contributed by atoms with Crippen molar-refractivity contribution in [1.29, 1.82) is 0 Å². The maximum atomic E-state index is 13.0. The SMILES string of the molecule is Cn1c2ccccc2c(=O)c2c(OCCCN3CCCCC3)cccc21. The second-order valence-corrected chi connectivity index (χ2v) is 7.16. The van der Waals surface area contributed by atoms with Crippen LogP contribution in [0.5, 0.6) is 5.75 Å². The summed E-state index contributed by atoms with van der Waals surface area (Å²) < 4.78 is 8.13. The molecule has 4 heteroatoms. The summed E-state index contributed by atoms with van der Waals surface area (Å²) in [5, 5.41) is 1.43. The van der Waals surface area contributed by atoms with Crippen LogP contribution in [-0.4, -0.2) is 35.7 Å². The molecule has 2 heterocycles. The molecule has 0 N–H and O–H groups in total. The van der Waals surface area contributed by atoms with Crippen LogP contribution in [-0.2, 0) is 7.05 Å². The molecule has 1 aliphatic rings. The molecule has 4 nitrogen and oxygen atoms in total. The van der Waals surface area contributed by atoms with Gasteiger partial charge in [0, 0.05) is 19.0 Å². The quantitative estimate of drug-likeness (QED) is 0.516. The van der Waals surface area contributed by atoms with Crippen LogP contribution < -0.4 is 10.2 Å². The molecule has 4 rings (SSSR count). The van der Waals surface area contributed by atoms with Gasteiger partial charge in [-0.2, -0.15) is 0 Å². The summed E-state index contributed by atoms with van der Waals surface area (Å²) >= 11 is 0. The third kappa shape index (κ3) is 3.21. The van der Waals surface area contributed by atoms with Crippen molar-refractivity contribution in [1.82, 2.24) is 9.47 Å². The van der Waals surface area contributed by atoms with Gasteiger partial charge in [-0.1, -0.05) is 24.6 Å². The van der Waals surface area contributed by atoms with E-state index in [1.165, 1.54) is 32.4 Å². The average Bonchev–Trinajstić information content (AvgIpc) is 2.70. The number of aryl methyl sites for hydroxylation is 1. The molecule has 1 aliphatic heterocycles. The molecule has 0 spiro atoms. The van der Waals surface area contributed by atoms with Crippen LogP contribution in [0.3, 0.4) is 0 Å². The van der Waals surface area contributed by atoms with Crippen LogP contribution in [0.15, 0.2) is 47.3 Å². The van der Waals surface area contributed by atoms with Crippen LogP contribution in [0.1, 0.15) is 25.7 Å². The summed E-state index contributed by atoms with van der Waals surface area (Å²) in [6.45, 7) is 4.14. The lowest BCUT2D eigenvalue weighted by atomic mass is 10.1. The van der Waals surface area contributed by atoms with Crippen molar-refractivity contribution in [2.45, 2.75) is 25.7 Å². The van der Waals surface area contributed by atoms with Gasteiger partial charge in [0.25, 0.3) is 0 Å². The number of rotatable bonds is 5. The van der Waals surface area contributed by atoms with Gasteiger partial charge in [0.2, 0.25) is 5.43 Å². The van der Waals surface area contributed by atoms with Crippen molar-refractivity contribution < 1.29 is 4.74 Å². The third-order valence-corrected chi connectivity index (χ3v) is 5.43. The van der Waals surface area contributed by atoms with E-state index in [9.17, 15) is 4.79 Å². The van der Waals surface area contributed by atoms with E-state index in [0.717, 1.165) is 29.4 Å². The molecule has 26 heavy (non-hydrogen) atoms. The van der Waals surface area contributed by atoms with Gasteiger partial charge in [0.1, 0.15) is 5.75 Å². The highest BCUT2D eigenvalue weighted by atomic mass is 16.5. The standard InChI is InChI=1S/C22H26N2O2/c1-23-18-10-4-3-9-17(18)22(25)21-19(23)11-7-12-20(21)26-16-8-15-24-13-5-2-6-14-24/h3-4,7,9-12H,2,5-6,8,13-16H2,1H3. The Balaban J connectivity index is 1.58. The first-order chi connectivity index (χ1) is 12.8. The van der Waals surface area contributed by atoms with Gasteiger partial charge in [0.15, 0.2) is 0 Å². The van der Waals surface area contributed by atoms with Gasteiger partial charge in [0.05, 0.1) is 23.0 Å². The van der Waals surface area contributed by atoms with Crippen molar-refractivity contribution in [2.24, 2.45) is 7.05 Å². The van der Waals surface area contributed by atoms with Crippen LogP contribution in [0, 0.1) is 0 Å². The number of piperidine rings is 1. The number of aromatic nitrogens is 1. The molecule has 0 atom stereocenters. The topological polar surface area (TPSA) is 34.5 Å². The maximum absolute atomic E-state index is 13.0. The molecular weight excluding hydrogens is 324 g/mol. The minimum atomic E-state index is 0.0559. The fraction of sp³-hybridized carbons (Fsp3) is 0.409. The van der Waals surface area contributed by atoms with Crippen molar-refractivity contribution in [2.75, 3.05) is 26.2 Å². The predicted molar refractivity (Wildman–Crippen MR) is 107 cm³/mol. The van der Waals surface area contributed by atoms with E-state index >= 15 is 0 Å². The minimum Gasteiger partial charge on any atom is -0.493 e. The highest BCUT2D eigenvalue weighted by molar-refractivity contribution is 5.96. The summed E-state index contributed by atoms with van der Waals surface area (Å²) in [7, 11) is 2.00. The maximum Gasteiger partial charge on any atom is 0.200 e. The van der Waals surface area contributed by atoms with Crippen LogP contribution in [0.25, 0.3) is 21.8 Å². The number of hydrogen-bond donors (Lipinski definition) is 0. The van der Waals surface area contributed by atoms with Crippen molar-refractivity contribution in [3.05, 3.63) is 52.7 Å². The van der Waals surface area contributed by atoms with Crippen LogP contribution in [0.4, 0.5) is 0 Å². The highest BCUT2D eigenvalue weighted by Gasteiger charge is 2.13. The molecule has 1 saturated heterocycles. The van der Waals surface area contributed by atoms with Crippen LogP contribution in [0.2, 0.25) is 0 Å². The van der Waals surface area contributed by atoms with E-state index < -0.39 is 0 Å². The third-order valence-electron chi connectivity index (χ3n) is 5.43. The summed E-state index contributed by atoms with van der Waals surface area (Å²) in [5.41, 5.74) is 1.93. The van der Waals surface area contributed by atoms with Gasteiger partial charge < -0.3 is 14.2 Å². The van der Waals surface area contributed by atoms with Gasteiger partial charge >= 0.3 is 0 Å². The Labute approximate surface area is 154 Å². The molecule has 3 aromatic rings. The number of fused-ring (bicyclic) bond motifs is 2. The molecule has 0 unspecified atom stereocenters. The number of likely N-dealkylation sites (tertiary alicyclic amines) is 1. The number of para-hydroxylation sites is 1. The lowest BCUT2D eigenvalue weighted by molar-refractivity contribution is 0.205. The predicted octanol–water partition coefficient (Wildman–Crippen LogP) is 3.95. The van der Waals surface area contributed by atoms with E-state index in [1.54, 1.807) is 0 Å². The monoisotopic (exact) mass is 350 g/mol. The first-order valence-corrected chi connectivity index (χ1v) is 9.61. The fourth-order valence-electron chi connectivity index (χ4n) is 4.02. The van der Waals surface area contributed by atoms with E-state index in [4.69, 9.17) is 4.74 Å². The molecule has 2 aromatic carbocycles. The molecule has 136 valence electrons. The Hall–Kier alpha value is -2.33. The van der Waals surface area contributed by atoms with E-state index in [-0.39, 0.29) is 5.43 Å². The molecule has 0 aliphatic carbocycles. The van der Waals surface area contributed by atoms with Gasteiger partial charge in [-0.25, -0.2) is 0 Å². The summed E-state index contributed by atoms with van der Waals surface area (Å²) in [5.74, 6) is 0.701. The molecular formula is C22H26N2O2. The first kappa shape index (κ1) is 17.1. The van der Waals surface area contributed by atoms with E-state index in [2.05, 4.69) is 9.47 Å². The minimum absolute atomic E-state index is 0.0559. The van der Waals surface area contributed by atoms with Crippen molar-refractivity contribution in [3.8, 4) is 5.75 Å². The number of ether oxygens (including phenoxy) is 1. The summed E-state index contributed by atoms with van der Waals surface area (Å²) in [4.78, 5) is 15.6. The van der Waals surface area contributed by atoms with Crippen molar-refractivity contribution in [3.63, 3.8) is 0 Å². The molecule has 0 amide bonds. The number of pyridine rings is 1. The fourth-order valence-corrected chi connectivity index (χ4v) is 4.02.